The van der Waals surface area contributed by atoms with Crippen LogP contribution >= 0.6 is 11.6 Å². The number of aromatic nitrogens is 1. The van der Waals surface area contributed by atoms with Crippen LogP contribution in [0.4, 0.5) is 5.82 Å². The summed E-state index contributed by atoms with van der Waals surface area (Å²) in [7, 11) is 0. The molecule has 1 aromatic rings. The molecular formula is C11H11ClN2O. The van der Waals surface area contributed by atoms with Crippen LogP contribution in [0.2, 0.25) is 5.02 Å². The zero-order valence-corrected chi connectivity index (χ0v) is 8.92. The normalized spacial score (nSPS) is 15.1. The minimum Gasteiger partial charge on any atom is -0.383 e. The lowest BCUT2D eigenvalue weighted by Gasteiger charge is -2.04. The Labute approximate surface area is 92.9 Å². The Morgan fingerprint density at radius 2 is 2.33 bits per heavy atom. The molecule has 2 rings (SSSR count). The Morgan fingerprint density at radius 3 is 3.00 bits per heavy atom. The highest BCUT2D eigenvalue weighted by Crippen LogP contribution is 2.25. The molecule has 0 saturated carbocycles. The van der Waals surface area contributed by atoms with Gasteiger partial charge in [0.1, 0.15) is 5.82 Å². The van der Waals surface area contributed by atoms with Crippen LogP contribution in [0.25, 0.3) is 0 Å². The monoisotopic (exact) mass is 222 g/mol. The first-order valence-corrected chi connectivity index (χ1v) is 5.21. The van der Waals surface area contributed by atoms with Gasteiger partial charge in [-0.25, -0.2) is 4.98 Å². The van der Waals surface area contributed by atoms with Crippen LogP contribution < -0.4 is 5.73 Å². The number of hydrogen-bond donors (Lipinski definition) is 1. The molecule has 0 aromatic carbocycles. The van der Waals surface area contributed by atoms with E-state index in [0.717, 1.165) is 24.8 Å². The molecule has 0 fully saturated rings. The van der Waals surface area contributed by atoms with Crippen molar-refractivity contribution in [1.82, 2.24) is 4.98 Å². The Morgan fingerprint density at radius 1 is 1.53 bits per heavy atom. The van der Waals surface area contributed by atoms with Gasteiger partial charge in [0.25, 0.3) is 0 Å². The second kappa shape index (κ2) is 4.03. The van der Waals surface area contributed by atoms with Crippen LogP contribution in [-0.2, 0) is 0 Å². The van der Waals surface area contributed by atoms with E-state index >= 15 is 0 Å². The molecule has 2 N–H and O–H groups in total. The van der Waals surface area contributed by atoms with Crippen LogP contribution in [0.15, 0.2) is 23.9 Å². The predicted molar refractivity (Wildman–Crippen MR) is 59.9 cm³/mol. The van der Waals surface area contributed by atoms with Gasteiger partial charge in [-0.1, -0.05) is 17.7 Å². The minimum absolute atomic E-state index is 0.0417. The number of pyridine rings is 1. The Kier molecular flexibility index (Phi) is 2.73. The van der Waals surface area contributed by atoms with E-state index in [1.165, 1.54) is 6.20 Å². The molecule has 0 bridgehead atoms. The molecule has 1 aliphatic carbocycles. The number of nitrogens with zero attached hydrogens (tertiary/aromatic N) is 1. The molecular weight excluding hydrogens is 212 g/mol. The number of halogens is 1. The van der Waals surface area contributed by atoms with E-state index in [1.54, 1.807) is 6.07 Å². The molecule has 3 nitrogen and oxygen atoms in total. The Hall–Kier alpha value is -1.35. The number of nitrogen functional groups attached to an aromatic ring is 1. The maximum absolute atomic E-state index is 12.0. The number of rotatable bonds is 2. The second-order valence-corrected chi connectivity index (χ2v) is 3.97. The van der Waals surface area contributed by atoms with Crippen molar-refractivity contribution in [3.05, 3.63) is 34.5 Å². The van der Waals surface area contributed by atoms with E-state index in [1.807, 2.05) is 6.08 Å². The summed E-state index contributed by atoms with van der Waals surface area (Å²) in [5.41, 5.74) is 6.88. The molecule has 0 spiro atoms. The van der Waals surface area contributed by atoms with E-state index < -0.39 is 0 Å². The fourth-order valence-electron chi connectivity index (χ4n) is 1.68. The number of nitrogens with two attached hydrogens (primary N) is 1. The van der Waals surface area contributed by atoms with Gasteiger partial charge in [-0.05, 0) is 30.9 Å². The lowest BCUT2D eigenvalue weighted by atomic mass is 10.0. The van der Waals surface area contributed by atoms with Crippen LogP contribution in [0.1, 0.15) is 29.6 Å². The highest BCUT2D eigenvalue weighted by atomic mass is 35.5. The largest absolute Gasteiger partial charge is 0.383 e. The molecule has 0 saturated heterocycles. The first-order chi connectivity index (χ1) is 7.18. The van der Waals surface area contributed by atoms with E-state index in [2.05, 4.69) is 4.98 Å². The summed E-state index contributed by atoms with van der Waals surface area (Å²) in [5, 5.41) is 0.436. The number of carbonyl (C=O) groups is 1. The summed E-state index contributed by atoms with van der Waals surface area (Å²) in [6, 6.07) is 1.57. The van der Waals surface area contributed by atoms with Crippen molar-refractivity contribution in [3.63, 3.8) is 0 Å². The van der Waals surface area contributed by atoms with Gasteiger partial charge in [-0.2, -0.15) is 0 Å². The van der Waals surface area contributed by atoms with Gasteiger partial charge in [0.2, 0.25) is 0 Å². The maximum Gasteiger partial charge on any atom is 0.192 e. The van der Waals surface area contributed by atoms with E-state index in [-0.39, 0.29) is 11.6 Å². The van der Waals surface area contributed by atoms with Crippen molar-refractivity contribution in [2.75, 3.05) is 5.73 Å². The highest BCUT2D eigenvalue weighted by molar-refractivity contribution is 6.31. The van der Waals surface area contributed by atoms with Crippen LogP contribution in [0.3, 0.4) is 0 Å². The molecule has 15 heavy (non-hydrogen) atoms. The van der Waals surface area contributed by atoms with Gasteiger partial charge in [-0.15, -0.1) is 0 Å². The molecule has 1 aromatic heterocycles. The molecule has 0 unspecified atom stereocenters. The summed E-state index contributed by atoms with van der Waals surface area (Å²) in [4.78, 5) is 15.8. The third-order valence-corrected chi connectivity index (χ3v) is 2.67. The zero-order valence-electron chi connectivity index (χ0n) is 8.16. The van der Waals surface area contributed by atoms with Crippen molar-refractivity contribution >= 4 is 23.2 Å². The van der Waals surface area contributed by atoms with Crippen LogP contribution in [0.5, 0.6) is 0 Å². The summed E-state index contributed by atoms with van der Waals surface area (Å²) < 4.78 is 0. The Balaban J connectivity index is 2.36. The predicted octanol–water partition coefficient (Wildman–Crippen LogP) is 2.61. The van der Waals surface area contributed by atoms with Gasteiger partial charge in [-0.3, -0.25) is 4.79 Å². The molecule has 1 heterocycles. The van der Waals surface area contributed by atoms with Gasteiger partial charge in [0.05, 0.1) is 10.6 Å². The number of anilines is 1. The van der Waals surface area contributed by atoms with Gasteiger partial charge < -0.3 is 5.73 Å². The van der Waals surface area contributed by atoms with Gasteiger partial charge in [0, 0.05) is 6.20 Å². The number of Topliss-reactive ketones (excluding diaryl/α,β-unsaturated/α-hetero) is 1. The first-order valence-electron chi connectivity index (χ1n) is 4.83. The smallest absolute Gasteiger partial charge is 0.192 e. The van der Waals surface area contributed by atoms with Gasteiger partial charge >= 0.3 is 0 Å². The molecule has 4 heteroatoms. The number of carbonyl (C=O) groups excluding carboxylic acids is 1. The second-order valence-electron chi connectivity index (χ2n) is 3.54. The molecule has 0 amide bonds. The van der Waals surface area contributed by atoms with Crippen molar-refractivity contribution in [2.24, 2.45) is 0 Å². The maximum atomic E-state index is 12.0. The summed E-state index contributed by atoms with van der Waals surface area (Å²) in [6.45, 7) is 0. The summed E-state index contributed by atoms with van der Waals surface area (Å²) in [6.07, 6.45) is 6.23. The van der Waals surface area contributed by atoms with E-state index in [9.17, 15) is 4.79 Å². The fourth-order valence-corrected chi connectivity index (χ4v) is 1.84. The SMILES string of the molecule is Nc1ncc(Cl)cc1C(=O)C1=CCCC1. The van der Waals surface area contributed by atoms with Crippen LogP contribution in [0, 0.1) is 0 Å². The average Bonchev–Trinajstić information content (AvgIpc) is 2.74. The molecule has 0 atom stereocenters. The summed E-state index contributed by atoms with van der Waals surface area (Å²) >= 11 is 5.78. The number of ketones is 1. The standard InChI is InChI=1S/C11H11ClN2O/c12-8-5-9(11(13)14-6-8)10(15)7-3-1-2-4-7/h3,5-6H,1-2,4H2,(H2,13,14). The minimum atomic E-state index is -0.0417. The molecule has 1 aliphatic rings. The van der Waals surface area contributed by atoms with Crippen molar-refractivity contribution in [3.8, 4) is 0 Å². The number of allylic oxidation sites excluding steroid dienone is 2. The molecule has 78 valence electrons. The zero-order chi connectivity index (χ0) is 10.8. The van der Waals surface area contributed by atoms with Crippen molar-refractivity contribution < 1.29 is 4.79 Å². The van der Waals surface area contributed by atoms with E-state index in [4.69, 9.17) is 17.3 Å². The topological polar surface area (TPSA) is 56.0 Å². The quantitative estimate of drug-likeness (QED) is 0.783. The van der Waals surface area contributed by atoms with Crippen molar-refractivity contribution in [2.45, 2.75) is 19.3 Å². The third kappa shape index (κ3) is 2.02. The first kappa shape index (κ1) is 10.2. The Bertz CT molecular complexity index is 440. The summed E-state index contributed by atoms with van der Waals surface area (Å²) in [5.74, 6) is 0.206. The third-order valence-electron chi connectivity index (χ3n) is 2.46. The van der Waals surface area contributed by atoms with E-state index in [0.29, 0.717) is 10.6 Å². The highest BCUT2D eigenvalue weighted by Gasteiger charge is 2.18. The number of hydrogen-bond acceptors (Lipinski definition) is 3. The van der Waals surface area contributed by atoms with Crippen LogP contribution in [-0.4, -0.2) is 10.8 Å². The average molecular weight is 223 g/mol. The van der Waals surface area contributed by atoms with Gasteiger partial charge in [0.15, 0.2) is 5.78 Å². The lowest BCUT2D eigenvalue weighted by molar-refractivity contribution is 0.103. The lowest BCUT2D eigenvalue weighted by Crippen LogP contribution is -2.07. The van der Waals surface area contributed by atoms with Crippen molar-refractivity contribution in [1.29, 1.82) is 0 Å². The molecule has 0 aliphatic heterocycles. The fraction of sp³-hybridized carbons (Fsp3) is 0.273. The molecule has 0 radical (unpaired) electrons.